The standard InChI is InChI=1S/C33H54O4/c1-22(2)9-8-10-23(3)27-15-16-28-26-14-13-24-21-25(37-31(36)12-7-6-11-30(34)35)17-19-32(24,4)29(26)18-20-33(27,28)5/h13,22-23,25-29H,6-12,14-21H2,1-5H3,(H,34,35)/t23?,25-,26-,27+,28-,29-,32-,33+/m0/s1. The molecule has 0 aromatic carbocycles. The van der Waals surface area contributed by atoms with E-state index in [-0.39, 0.29) is 23.9 Å². The predicted molar refractivity (Wildman–Crippen MR) is 149 cm³/mol. The van der Waals surface area contributed by atoms with E-state index in [1.807, 2.05) is 0 Å². The third-order valence-corrected chi connectivity index (χ3v) is 11.6. The Bertz CT molecular complexity index is 845. The Balaban J connectivity index is 1.35. The van der Waals surface area contributed by atoms with Crippen LogP contribution in [0.4, 0.5) is 0 Å². The second-order valence-corrected chi connectivity index (χ2v) is 14.2. The number of carboxylic acid groups (broad SMARTS) is 1. The highest BCUT2D eigenvalue weighted by molar-refractivity contribution is 5.70. The second-order valence-electron chi connectivity index (χ2n) is 14.2. The van der Waals surface area contributed by atoms with Crippen LogP contribution in [0.2, 0.25) is 0 Å². The molecule has 0 heterocycles. The Morgan fingerprint density at radius 1 is 0.973 bits per heavy atom. The molecule has 4 nitrogen and oxygen atoms in total. The monoisotopic (exact) mass is 514 g/mol. The summed E-state index contributed by atoms with van der Waals surface area (Å²) in [6, 6.07) is 0. The van der Waals surface area contributed by atoms with Gasteiger partial charge in [-0.3, -0.25) is 9.59 Å². The Kier molecular flexibility index (Phi) is 9.17. The Morgan fingerprint density at radius 3 is 2.46 bits per heavy atom. The number of hydrogen-bond donors (Lipinski definition) is 1. The van der Waals surface area contributed by atoms with E-state index in [2.05, 4.69) is 40.7 Å². The van der Waals surface area contributed by atoms with E-state index in [1.54, 1.807) is 5.57 Å². The van der Waals surface area contributed by atoms with Crippen molar-refractivity contribution in [1.82, 2.24) is 0 Å². The van der Waals surface area contributed by atoms with Gasteiger partial charge in [0.15, 0.2) is 0 Å². The maximum atomic E-state index is 12.4. The van der Waals surface area contributed by atoms with Crippen molar-refractivity contribution in [2.45, 2.75) is 137 Å². The molecule has 37 heavy (non-hydrogen) atoms. The van der Waals surface area contributed by atoms with Crippen LogP contribution in [-0.2, 0) is 14.3 Å². The Hall–Kier alpha value is -1.32. The zero-order valence-corrected chi connectivity index (χ0v) is 24.4. The molecule has 4 heteroatoms. The average molecular weight is 515 g/mol. The number of allylic oxidation sites excluding steroid dienone is 1. The summed E-state index contributed by atoms with van der Waals surface area (Å²) in [5, 5.41) is 8.78. The van der Waals surface area contributed by atoms with Crippen LogP contribution in [0.1, 0.15) is 131 Å². The first kappa shape index (κ1) is 28.7. The van der Waals surface area contributed by atoms with Gasteiger partial charge >= 0.3 is 11.9 Å². The maximum Gasteiger partial charge on any atom is 0.306 e. The number of hydrogen-bond acceptors (Lipinski definition) is 3. The molecule has 210 valence electrons. The number of unbranched alkanes of at least 4 members (excludes halogenated alkanes) is 1. The van der Waals surface area contributed by atoms with Crippen molar-refractivity contribution >= 4 is 11.9 Å². The minimum atomic E-state index is -0.797. The van der Waals surface area contributed by atoms with Crippen LogP contribution in [-0.4, -0.2) is 23.1 Å². The van der Waals surface area contributed by atoms with E-state index >= 15 is 0 Å². The van der Waals surface area contributed by atoms with E-state index in [4.69, 9.17) is 9.84 Å². The lowest BCUT2D eigenvalue weighted by molar-refractivity contribution is -0.152. The summed E-state index contributed by atoms with van der Waals surface area (Å²) >= 11 is 0. The van der Waals surface area contributed by atoms with Gasteiger partial charge in [-0.1, -0.05) is 65.5 Å². The van der Waals surface area contributed by atoms with Gasteiger partial charge in [0.2, 0.25) is 0 Å². The molecule has 4 rings (SSSR count). The molecule has 0 aromatic heterocycles. The minimum Gasteiger partial charge on any atom is -0.481 e. The van der Waals surface area contributed by atoms with E-state index in [1.165, 1.54) is 51.4 Å². The van der Waals surface area contributed by atoms with Crippen LogP contribution in [0, 0.1) is 46.3 Å². The van der Waals surface area contributed by atoms with Crippen molar-refractivity contribution in [3.05, 3.63) is 11.6 Å². The van der Waals surface area contributed by atoms with Gasteiger partial charge in [0.1, 0.15) is 6.10 Å². The highest BCUT2D eigenvalue weighted by atomic mass is 16.5. The van der Waals surface area contributed by atoms with Gasteiger partial charge in [0.05, 0.1) is 0 Å². The highest BCUT2D eigenvalue weighted by Crippen LogP contribution is 2.67. The van der Waals surface area contributed by atoms with Crippen LogP contribution >= 0.6 is 0 Å². The molecule has 0 bridgehead atoms. The van der Waals surface area contributed by atoms with Crippen LogP contribution in [0.15, 0.2) is 11.6 Å². The molecular weight excluding hydrogens is 460 g/mol. The summed E-state index contributed by atoms with van der Waals surface area (Å²) in [6.45, 7) is 12.5. The van der Waals surface area contributed by atoms with Crippen LogP contribution in [0.25, 0.3) is 0 Å². The fourth-order valence-electron chi connectivity index (χ4n) is 9.54. The Morgan fingerprint density at radius 2 is 1.73 bits per heavy atom. The van der Waals surface area contributed by atoms with Crippen molar-refractivity contribution in [3.63, 3.8) is 0 Å². The maximum absolute atomic E-state index is 12.4. The SMILES string of the molecule is CC(C)CCCC(C)[C@H]1CC[C@H]2[C@@H]3CC=C4C[C@@H](OC(=O)CCCCC(=O)O)CC[C@]4(C)[C@H]3CC[C@]12C. The Labute approximate surface area is 226 Å². The molecule has 8 atom stereocenters. The zero-order chi connectivity index (χ0) is 26.8. The molecule has 0 aromatic rings. The van der Waals surface area contributed by atoms with Gasteiger partial charge in [-0.05, 0) is 104 Å². The lowest BCUT2D eigenvalue weighted by Crippen LogP contribution is -2.51. The molecule has 0 saturated heterocycles. The van der Waals surface area contributed by atoms with Gasteiger partial charge in [0, 0.05) is 19.3 Å². The summed E-state index contributed by atoms with van der Waals surface area (Å²) in [6.07, 6.45) is 18.2. The van der Waals surface area contributed by atoms with E-state index < -0.39 is 5.97 Å². The van der Waals surface area contributed by atoms with Crippen molar-refractivity contribution in [1.29, 1.82) is 0 Å². The predicted octanol–water partition coefficient (Wildman–Crippen LogP) is 8.58. The fraction of sp³-hybridized carbons (Fsp3) is 0.879. The molecular formula is C33H54O4. The van der Waals surface area contributed by atoms with Crippen molar-refractivity contribution in [3.8, 4) is 0 Å². The first-order valence-corrected chi connectivity index (χ1v) is 15.7. The van der Waals surface area contributed by atoms with Crippen molar-refractivity contribution in [2.75, 3.05) is 0 Å². The molecule has 3 fully saturated rings. The molecule has 0 aliphatic heterocycles. The fourth-order valence-corrected chi connectivity index (χ4v) is 9.54. The van der Waals surface area contributed by atoms with Gasteiger partial charge in [-0.25, -0.2) is 0 Å². The second kappa shape index (κ2) is 11.8. The van der Waals surface area contributed by atoms with E-state index in [9.17, 15) is 9.59 Å². The van der Waals surface area contributed by atoms with Gasteiger partial charge in [0.25, 0.3) is 0 Å². The lowest BCUT2D eigenvalue weighted by atomic mass is 9.47. The number of fused-ring (bicyclic) bond motifs is 5. The number of aliphatic carboxylic acids is 1. The number of carboxylic acids is 1. The number of carbonyl (C=O) groups is 2. The normalized spacial score (nSPS) is 37.8. The molecule has 0 amide bonds. The summed E-state index contributed by atoms with van der Waals surface area (Å²) in [7, 11) is 0. The van der Waals surface area contributed by atoms with Crippen LogP contribution < -0.4 is 0 Å². The summed E-state index contributed by atoms with van der Waals surface area (Å²) in [5.74, 6) is 4.11. The van der Waals surface area contributed by atoms with Gasteiger partial charge in [-0.15, -0.1) is 0 Å². The largest absolute Gasteiger partial charge is 0.481 e. The minimum absolute atomic E-state index is 0.000690. The van der Waals surface area contributed by atoms with Crippen LogP contribution in [0.3, 0.4) is 0 Å². The smallest absolute Gasteiger partial charge is 0.306 e. The first-order valence-electron chi connectivity index (χ1n) is 15.7. The summed E-state index contributed by atoms with van der Waals surface area (Å²) in [5.41, 5.74) is 2.35. The average Bonchev–Trinajstić information content (AvgIpc) is 3.19. The summed E-state index contributed by atoms with van der Waals surface area (Å²) in [4.78, 5) is 23.1. The van der Waals surface area contributed by atoms with Gasteiger partial charge in [-0.2, -0.15) is 0 Å². The van der Waals surface area contributed by atoms with Crippen molar-refractivity contribution < 1.29 is 19.4 Å². The molecule has 4 aliphatic rings. The molecule has 3 saturated carbocycles. The number of ether oxygens (including phenoxy) is 1. The summed E-state index contributed by atoms with van der Waals surface area (Å²) < 4.78 is 5.87. The molecule has 4 aliphatic carbocycles. The molecule has 1 N–H and O–H groups in total. The quantitative estimate of drug-likeness (QED) is 0.170. The number of rotatable bonds is 11. The third-order valence-electron chi connectivity index (χ3n) is 11.6. The molecule has 0 spiro atoms. The van der Waals surface area contributed by atoms with E-state index in [0.717, 1.165) is 54.8 Å². The lowest BCUT2D eigenvalue weighted by Gasteiger charge is -2.58. The molecule has 0 radical (unpaired) electrons. The molecule has 1 unspecified atom stereocenters. The number of esters is 1. The van der Waals surface area contributed by atoms with E-state index in [0.29, 0.717) is 24.7 Å². The topological polar surface area (TPSA) is 63.6 Å². The third kappa shape index (κ3) is 6.14. The first-order chi connectivity index (χ1) is 17.5. The zero-order valence-electron chi connectivity index (χ0n) is 24.4. The van der Waals surface area contributed by atoms with Crippen molar-refractivity contribution in [2.24, 2.45) is 46.3 Å². The highest BCUT2D eigenvalue weighted by Gasteiger charge is 2.59. The van der Waals surface area contributed by atoms with Crippen LogP contribution in [0.5, 0.6) is 0 Å². The van der Waals surface area contributed by atoms with Gasteiger partial charge < -0.3 is 9.84 Å². The number of carbonyl (C=O) groups excluding carboxylic acids is 1.